The van der Waals surface area contributed by atoms with Gasteiger partial charge in [-0.05, 0) is 50.2 Å². The molecule has 0 saturated carbocycles. The van der Waals surface area contributed by atoms with Crippen LogP contribution in [0, 0.1) is 11.8 Å². The Kier molecular flexibility index (Phi) is 6.40. The largest absolute Gasteiger partial charge is 0.342 e. The molecule has 3 heterocycles. The third-order valence-electron chi connectivity index (χ3n) is 6.96. The number of amides is 3. The molecular formula is C24H33N3O3. The first kappa shape index (κ1) is 20.9. The summed E-state index contributed by atoms with van der Waals surface area (Å²) >= 11 is 0. The number of rotatable bonds is 4. The molecule has 0 N–H and O–H groups in total. The Morgan fingerprint density at radius 1 is 0.900 bits per heavy atom. The van der Waals surface area contributed by atoms with Gasteiger partial charge in [0.1, 0.15) is 0 Å². The second-order valence-electron chi connectivity index (χ2n) is 8.87. The normalized spacial score (nSPS) is 23.2. The van der Waals surface area contributed by atoms with Crippen LogP contribution in [0.25, 0.3) is 0 Å². The van der Waals surface area contributed by atoms with Gasteiger partial charge in [-0.25, -0.2) is 0 Å². The standard InChI is InChI=1S/C24H33N3O3/c1-2-18-8-4-5-9-21(18)27-17-20(16-22(27)28)24(30)26-14-10-19(11-15-26)23(29)25-12-6-3-7-13-25/h4-5,8-9,19-20H,2-3,6-7,10-17H2,1H3. The molecule has 3 aliphatic rings. The Morgan fingerprint density at radius 2 is 1.53 bits per heavy atom. The lowest BCUT2D eigenvalue weighted by atomic mass is 9.93. The molecule has 3 saturated heterocycles. The summed E-state index contributed by atoms with van der Waals surface area (Å²) in [5.41, 5.74) is 2.07. The molecule has 0 aromatic heterocycles. The van der Waals surface area contributed by atoms with E-state index >= 15 is 0 Å². The first-order valence-corrected chi connectivity index (χ1v) is 11.5. The lowest BCUT2D eigenvalue weighted by Gasteiger charge is -2.36. The Morgan fingerprint density at radius 3 is 2.23 bits per heavy atom. The summed E-state index contributed by atoms with van der Waals surface area (Å²) in [4.78, 5) is 44.2. The number of hydrogen-bond acceptors (Lipinski definition) is 3. The third-order valence-corrected chi connectivity index (χ3v) is 6.96. The van der Waals surface area contributed by atoms with Gasteiger partial charge in [0.2, 0.25) is 17.7 Å². The zero-order chi connectivity index (χ0) is 21.1. The van der Waals surface area contributed by atoms with E-state index in [1.54, 1.807) is 4.90 Å². The van der Waals surface area contributed by atoms with E-state index in [4.69, 9.17) is 0 Å². The summed E-state index contributed by atoms with van der Waals surface area (Å²) in [5, 5.41) is 0. The van der Waals surface area contributed by atoms with Crippen LogP contribution in [0.2, 0.25) is 0 Å². The van der Waals surface area contributed by atoms with Crippen LogP contribution in [0.3, 0.4) is 0 Å². The molecule has 30 heavy (non-hydrogen) atoms. The molecule has 0 bridgehead atoms. The summed E-state index contributed by atoms with van der Waals surface area (Å²) in [6, 6.07) is 7.95. The highest BCUT2D eigenvalue weighted by Gasteiger charge is 2.39. The predicted molar refractivity (Wildman–Crippen MR) is 116 cm³/mol. The number of likely N-dealkylation sites (tertiary alicyclic amines) is 2. The van der Waals surface area contributed by atoms with Gasteiger partial charge in [0.15, 0.2) is 0 Å². The van der Waals surface area contributed by atoms with Crippen LogP contribution in [0.1, 0.15) is 51.0 Å². The maximum absolute atomic E-state index is 13.1. The fourth-order valence-corrected chi connectivity index (χ4v) is 5.16. The first-order valence-electron chi connectivity index (χ1n) is 11.5. The average molecular weight is 412 g/mol. The van der Waals surface area contributed by atoms with Gasteiger partial charge >= 0.3 is 0 Å². The fraction of sp³-hybridized carbons (Fsp3) is 0.625. The number of piperidine rings is 2. The number of aryl methyl sites for hydroxylation is 1. The zero-order valence-electron chi connectivity index (χ0n) is 18.0. The number of nitrogens with zero attached hydrogens (tertiary/aromatic N) is 3. The number of benzene rings is 1. The molecule has 0 aliphatic carbocycles. The Labute approximate surface area is 179 Å². The molecule has 3 fully saturated rings. The van der Waals surface area contributed by atoms with Gasteiger partial charge in [-0.1, -0.05) is 25.1 Å². The van der Waals surface area contributed by atoms with E-state index in [0.29, 0.717) is 19.6 Å². The van der Waals surface area contributed by atoms with Crippen LogP contribution in [0.15, 0.2) is 24.3 Å². The maximum Gasteiger partial charge on any atom is 0.228 e. The molecule has 1 aromatic carbocycles. The van der Waals surface area contributed by atoms with E-state index in [2.05, 4.69) is 6.92 Å². The van der Waals surface area contributed by atoms with Crippen LogP contribution in [-0.4, -0.2) is 60.2 Å². The molecule has 0 radical (unpaired) electrons. The molecule has 4 rings (SSSR count). The molecular weight excluding hydrogens is 378 g/mol. The van der Waals surface area contributed by atoms with Crippen molar-refractivity contribution in [1.82, 2.24) is 9.80 Å². The van der Waals surface area contributed by atoms with E-state index in [9.17, 15) is 14.4 Å². The number of carbonyl (C=O) groups excluding carboxylic acids is 3. The topological polar surface area (TPSA) is 60.9 Å². The van der Waals surface area contributed by atoms with Crippen molar-refractivity contribution in [3.8, 4) is 0 Å². The summed E-state index contributed by atoms with van der Waals surface area (Å²) < 4.78 is 0. The molecule has 3 amide bonds. The van der Waals surface area contributed by atoms with Crippen molar-refractivity contribution in [2.24, 2.45) is 11.8 Å². The van der Waals surface area contributed by atoms with Gasteiger partial charge in [0, 0.05) is 50.7 Å². The van der Waals surface area contributed by atoms with Crippen LogP contribution in [0.4, 0.5) is 5.69 Å². The van der Waals surface area contributed by atoms with Crippen LogP contribution in [-0.2, 0) is 20.8 Å². The van der Waals surface area contributed by atoms with Gasteiger partial charge < -0.3 is 14.7 Å². The maximum atomic E-state index is 13.1. The van der Waals surface area contributed by atoms with Crippen molar-refractivity contribution < 1.29 is 14.4 Å². The second-order valence-corrected chi connectivity index (χ2v) is 8.87. The van der Waals surface area contributed by atoms with Crippen LogP contribution < -0.4 is 4.90 Å². The van der Waals surface area contributed by atoms with Crippen molar-refractivity contribution >= 4 is 23.4 Å². The zero-order valence-corrected chi connectivity index (χ0v) is 18.0. The smallest absolute Gasteiger partial charge is 0.228 e. The lowest BCUT2D eigenvalue weighted by molar-refractivity contribution is -0.143. The third kappa shape index (κ3) is 4.23. The molecule has 1 aromatic rings. The summed E-state index contributed by atoms with van der Waals surface area (Å²) in [7, 11) is 0. The minimum absolute atomic E-state index is 0.0319. The molecule has 1 atom stereocenters. The van der Waals surface area contributed by atoms with E-state index in [-0.39, 0.29) is 36.0 Å². The summed E-state index contributed by atoms with van der Waals surface area (Å²) in [6.07, 6.45) is 6.05. The molecule has 6 heteroatoms. The Hall–Kier alpha value is -2.37. The Balaban J connectivity index is 1.33. The predicted octanol–water partition coefficient (Wildman–Crippen LogP) is 2.85. The molecule has 3 aliphatic heterocycles. The molecule has 1 unspecified atom stereocenters. The van der Waals surface area contributed by atoms with E-state index in [1.165, 1.54) is 6.42 Å². The lowest BCUT2D eigenvalue weighted by Crippen LogP contribution is -2.47. The van der Waals surface area contributed by atoms with Crippen LogP contribution >= 0.6 is 0 Å². The minimum Gasteiger partial charge on any atom is -0.342 e. The van der Waals surface area contributed by atoms with E-state index < -0.39 is 0 Å². The number of anilines is 1. The van der Waals surface area contributed by atoms with E-state index in [0.717, 1.165) is 56.4 Å². The Bertz CT molecular complexity index is 795. The van der Waals surface area contributed by atoms with Gasteiger partial charge in [0.25, 0.3) is 0 Å². The highest BCUT2D eigenvalue weighted by atomic mass is 16.2. The molecule has 162 valence electrons. The van der Waals surface area contributed by atoms with Crippen molar-refractivity contribution in [3.63, 3.8) is 0 Å². The minimum atomic E-state index is -0.281. The van der Waals surface area contributed by atoms with E-state index in [1.807, 2.05) is 34.1 Å². The van der Waals surface area contributed by atoms with Gasteiger partial charge in [0.05, 0.1) is 5.92 Å². The SMILES string of the molecule is CCc1ccccc1N1CC(C(=O)N2CCC(C(=O)N3CCCCC3)CC2)CC1=O. The van der Waals surface area contributed by atoms with Crippen molar-refractivity contribution in [2.75, 3.05) is 37.6 Å². The van der Waals surface area contributed by atoms with Gasteiger partial charge in [-0.3, -0.25) is 14.4 Å². The number of carbonyl (C=O) groups is 3. The van der Waals surface area contributed by atoms with Gasteiger partial charge in [-0.15, -0.1) is 0 Å². The summed E-state index contributed by atoms with van der Waals surface area (Å²) in [5.74, 6) is 0.148. The average Bonchev–Trinajstić information content (AvgIpc) is 3.20. The second kappa shape index (κ2) is 9.19. The van der Waals surface area contributed by atoms with Gasteiger partial charge in [-0.2, -0.15) is 0 Å². The van der Waals surface area contributed by atoms with Crippen LogP contribution in [0.5, 0.6) is 0 Å². The highest BCUT2D eigenvalue weighted by molar-refractivity contribution is 6.00. The summed E-state index contributed by atoms with van der Waals surface area (Å²) in [6.45, 7) is 5.56. The number of hydrogen-bond donors (Lipinski definition) is 0. The first-order chi connectivity index (χ1) is 14.6. The quantitative estimate of drug-likeness (QED) is 0.765. The van der Waals surface area contributed by atoms with Crippen molar-refractivity contribution in [3.05, 3.63) is 29.8 Å². The number of para-hydroxylation sites is 1. The molecule has 0 spiro atoms. The van der Waals surface area contributed by atoms with Crippen molar-refractivity contribution in [1.29, 1.82) is 0 Å². The fourth-order valence-electron chi connectivity index (χ4n) is 5.16. The monoisotopic (exact) mass is 411 g/mol. The molecule has 6 nitrogen and oxygen atoms in total. The highest BCUT2D eigenvalue weighted by Crippen LogP contribution is 2.30. The van der Waals surface area contributed by atoms with Crippen molar-refractivity contribution in [2.45, 2.75) is 51.9 Å².